The van der Waals surface area contributed by atoms with Crippen molar-refractivity contribution in [2.75, 3.05) is 24.1 Å². The quantitative estimate of drug-likeness (QED) is 0.716. The van der Waals surface area contributed by atoms with Gasteiger partial charge in [-0.3, -0.25) is 14.5 Å². The van der Waals surface area contributed by atoms with Gasteiger partial charge >= 0.3 is 0 Å². The number of carbonyl (C=O) groups is 2. The number of nitrogens with one attached hydrogen (secondary N) is 2. The van der Waals surface area contributed by atoms with Crippen LogP contribution in [0.3, 0.4) is 0 Å². The third-order valence-electron chi connectivity index (χ3n) is 3.71. The molecular weight excluding hydrogens is 268 g/mol. The Balaban J connectivity index is 1.89. The lowest BCUT2D eigenvalue weighted by atomic mass is 10.2. The highest BCUT2D eigenvalue weighted by molar-refractivity contribution is 5.94. The SMILES string of the molecule is CC(=O)NC1CCN(C(C)C(=O)Nc2cccc(N)c2)C1. The first kappa shape index (κ1) is 15.3. The highest BCUT2D eigenvalue weighted by Crippen LogP contribution is 2.16. The fourth-order valence-electron chi connectivity index (χ4n) is 2.57. The van der Waals surface area contributed by atoms with Crippen molar-refractivity contribution in [3.05, 3.63) is 24.3 Å². The summed E-state index contributed by atoms with van der Waals surface area (Å²) >= 11 is 0. The van der Waals surface area contributed by atoms with Crippen LogP contribution in [0.15, 0.2) is 24.3 Å². The van der Waals surface area contributed by atoms with Crippen molar-refractivity contribution in [3.8, 4) is 0 Å². The first-order valence-electron chi connectivity index (χ1n) is 7.13. The summed E-state index contributed by atoms with van der Waals surface area (Å²) in [6, 6.07) is 7.01. The molecule has 1 heterocycles. The number of amides is 2. The number of rotatable bonds is 4. The number of nitrogens with two attached hydrogens (primary N) is 1. The lowest BCUT2D eigenvalue weighted by Gasteiger charge is -2.23. The lowest BCUT2D eigenvalue weighted by Crippen LogP contribution is -2.43. The van der Waals surface area contributed by atoms with Gasteiger partial charge in [0.15, 0.2) is 0 Å². The number of benzene rings is 1. The molecule has 4 N–H and O–H groups in total. The van der Waals surface area contributed by atoms with E-state index < -0.39 is 0 Å². The minimum Gasteiger partial charge on any atom is -0.399 e. The van der Waals surface area contributed by atoms with Gasteiger partial charge in [-0.2, -0.15) is 0 Å². The monoisotopic (exact) mass is 290 g/mol. The second kappa shape index (κ2) is 6.58. The fourth-order valence-corrected chi connectivity index (χ4v) is 2.57. The van der Waals surface area contributed by atoms with Crippen molar-refractivity contribution >= 4 is 23.2 Å². The Bertz CT molecular complexity index is 532. The van der Waals surface area contributed by atoms with E-state index in [-0.39, 0.29) is 23.9 Å². The van der Waals surface area contributed by atoms with E-state index in [2.05, 4.69) is 15.5 Å². The van der Waals surface area contributed by atoms with Gasteiger partial charge in [0.2, 0.25) is 11.8 Å². The Hall–Kier alpha value is -2.08. The van der Waals surface area contributed by atoms with Gasteiger partial charge in [0.25, 0.3) is 0 Å². The Morgan fingerprint density at radius 2 is 2.19 bits per heavy atom. The van der Waals surface area contributed by atoms with Crippen LogP contribution >= 0.6 is 0 Å². The molecule has 0 bridgehead atoms. The molecule has 1 aliphatic rings. The molecule has 21 heavy (non-hydrogen) atoms. The highest BCUT2D eigenvalue weighted by Gasteiger charge is 2.29. The molecule has 2 atom stereocenters. The molecule has 0 aromatic heterocycles. The summed E-state index contributed by atoms with van der Waals surface area (Å²) in [5, 5.41) is 5.76. The molecule has 0 saturated carbocycles. The normalized spacial score (nSPS) is 20.0. The summed E-state index contributed by atoms with van der Waals surface area (Å²) in [4.78, 5) is 25.4. The van der Waals surface area contributed by atoms with Gasteiger partial charge in [-0.25, -0.2) is 0 Å². The minimum atomic E-state index is -0.245. The van der Waals surface area contributed by atoms with Crippen LogP contribution in [0.25, 0.3) is 0 Å². The molecule has 1 fully saturated rings. The van der Waals surface area contributed by atoms with Gasteiger partial charge in [0.1, 0.15) is 0 Å². The van der Waals surface area contributed by atoms with Crippen molar-refractivity contribution < 1.29 is 9.59 Å². The molecule has 0 spiro atoms. The molecule has 0 aliphatic carbocycles. The van der Waals surface area contributed by atoms with E-state index in [1.807, 2.05) is 13.0 Å². The van der Waals surface area contributed by atoms with Crippen LogP contribution in [0.5, 0.6) is 0 Å². The first-order valence-corrected chi connectivity index (χ1v) is 7.13. The van der Waals surface area contributed by atoms with Crippen molar-refractivity contribution in [1.29, 1.82) is 0 Å². The van der Waals surface area contributed by atoms with Crippen LogP contribution in [-0.4, -0.2) is 41.9 Å². The predicted molar refractivity (Wildman–Crippen MR) is 82.7 cm³/mol. The molecule has 114 valence electrons. The summed E-state index contributed by atoms with van der Waals surface area (Å²) in [5.41, 5.74) is 7.01. The second-order valence-corrected chi connectivity index (χ2v) is 5.47. The lowest BCUT2D eigenvalue weighted by molar-refractivity contribution is -0.120. The van der Waals surface area contributed by atoms with E-state index >= 15 is 0 Å². The van der Waals surface area contributed by atoms with Gasteiger partial charge in [0.05, 0.1) is 6.04 Å². The molecule has 1 saturated heterocycles. The Morgan fingerprint density at radius 3 is 2.86 bits per heavy atom. The first-order chi connectivity index (χ1) is 9.95. The Morgan fingerprint density at radius 1 is 1.43 bits per heavy atom. The highest BCUT2D eigenvalue weighted by atomic mass is 16.2. The predicted octanol–water partition coefficient (Wildman–Crippen LogP) is 0.806. The molecule has 6 nitrogen and oxygen atoms in total. The standard InChI is InChI=1S/C15H22N4O2/c1-10(19-7-6-14(9-19)17-11(2)20)15(21)18-13-5-3-4-12(16)8-13/h3-5,8,10,14H,6-7,9,16H2,1-2H3,(H,17,20)(H,18,21). The Labute approximate surface area is 124 Å². The molecule has 2 amide bonds. The second-order valence-electron chi connectivity index (χ2n) is 5.47. The summed E-state index contributed by atoms with van der Waals surface area (Å²) in [6.45, 7) is 4.89. The van der Waals surface area contributed by atoms with Crippen molar-refractivity contribution in [1.82, 2.24) is 10.2 Å². The molecular formula is C15H22N4O2. The van der Waals surface area contributed by atoms with Crippen LogP contribution < -0.4 is 16.4 Å². The zero-order valence-electron chi connectivity index (χ0n) is 12.4. The van der Waals surface area contributed by atoms with Crippen molar-refractivity contribution in [2.24, 2.45) is 0 Å². The van der Waals surface area contributed by atoms with Gasteiger partial charge in [-0.15, -0.1) is 0 Å². The third kappa shape index (κ3) is 4.19. The van der Waals surface area contributed by atoms with E-state index in [1.165, 1.54) is 6.92 Å². The van der Waals surface area contributed by atoms with E-state index in [9.17, 15) is 9.59 Å². The van der Waals surface area contributed by atoms with Gasteiger partial charge in [-0.1, -0.05) is 6.07 Å². The molecule has 2 unspecified atom stereocenters. The maximum Gasteiger partial charge on any atom is 0.241 e. The van der Waals surface area contributed by atoms with Crippen LogP contribution in [0.1, 0.15) is 20.3 Å². The number of hydrogen-bond acceptors (Lipinski definition) is 4. The molecule has 1 aliphatic heterocycles. The van der Waals surface area contributed by atoms with E-state index in [0.29, 0.717) is 17.9 Å². The molecule has 2 rings (SSSR count). The summed E-state index contributed by atoms with van der Waals surface area (Å²) < 4.78 is 0. The number of likely N-dealkylation sites (tertiary alicyclic amines) is 1. The van der Waals surface area contributed by atoms with Crippen LogP contribution in [-0.2, 0) is 9.59 Å². The number of carbonyl (C=O) groups excluding carboxylic acids is 2. The number of anilines is 2. The topological polar surface area (TPSA) is 87.5 Å². The number of hydrogen-bond donors (Lipinski definition) is 3. The Kier molecular flexibility index (Phi) is 4.80. The maximum atomic E-state index is 12.3. The smallest absolute Gasteiger partial charge is 0.241 e. The van der Waals surface area contributed by atoms with Crippen LogP contribution in [0.2, 0.25) is 0 Å². The van der Waals surface area contributed by atoms with Crippen molar-refractivity contribution in [3.63, 3.8) is 0 Å². The van der Waals surface area contributed by atoms with E-state index in [0.717, 1.165) is 13.0 Å². The molecule has 1 aromatic rings. The fraction of sp³-hybridized carbons (Fsp3) is 0.467. The van der Waals surface area contributed by atoms with Crippen molar-refractivity contribution in [2.45, 2.75) is 32.4 Å². The zero-order chi connectivity index (χ0) is 15.4. The third-order valence-corrected chi connectivity index (χ3v) is 3.71. The average Bonchev–Trinajstić information content (AvgIpc) is 2.85. The maximum absolute atomic E-state index is 12.3. The van der Waals surface area contributed by atoms with Crippen LogP contribution in [0.4, 0.5) is 11.4 Å². The number of nitrogens with zero attached hydrogens (tertiary/aromatic N) is 1. The largest absolute Gasteiger partial charge is 0.399 e. The zero-order valence-corrected chi connectivity index (χ0v) is 12.4. The minimum absolute atomic E-state index is 0.0290. The number of nitrogen functional groups attached to an aromatic ring is 1. The van der Waals surface area contributed by atoms with Gasteiger partial charge in [0, 0.05) is 37.4 Å². The molecule has 6 heteroatoms. The van der Waals surface area contributed by atoms with Gasteiger partial charge < -0.3 is 16.4 Å². The van der Waals surface area contributed by atoms with E-state index in [4.69, 9.17) is 5.73 Å². The molecule has 0 radical (unpaired) electrons. The summed E-state index contributed by atoms with van der Waals surface area (Å²) in [6.07, 6.45) is 0.871. The average molecular weight is 290 g/mol. The van der Waals surface area contributed by atoms with Gasteiger partial charge in [-0.05, 0) is 31.5 Å². The summed E-state index contributed by atoms with van der Waals surface area (Å²) in [5.74, 6) is -0.0946. The summed E-state index contributed by atoms with van der Waals surface area (Å²) in [7, 11) is 0. The van der Waals surface area contributed by atoms with E-state index in [1.54, 1.807) is 18.2 Å². The molecule has 1 aromatic carbocycles. The van der Waals surface area contributed by atoms with Crippen LogP contribution in [0, 0.1) is 0 Å².